The van der Waals surface area contributed by atoms with Crippen LogP contribution in [0.5, 0.6) is 0 Å². The maximum Gasteiger partial charge on any atom is 0.322 e. The number of halogens is 1. The third-order valence-corrected chi connectivity index (χ3v) is 5.87. The first-order chi connectivity index (χ1) is 15.9. The Labute approximate surface area is 187 Å². The van der Waals surface area contributed by atoms with E-state index in [1.807, 2.05) is 0 Å². The van der Waals surface area contributed by atoms with Crippen LogP contribution in [0.15, 0.2) is 29.0 Å². The van der Waals surface area contributed by atoms with Crippen LogP contribution >= 0.6 is 0 Å². The lowest BCUT2D eigenvalue weighted by Gasteiger charge is -2.27. The van der Waals surface area contributed by atoms with Crippen LogP contribution in [0.1, 0.15) is 33.6 Å². The molecular weight excluding hydrogens is 431 g/mol. The van der Waals surface area contributed by atoms with Gasteiger partial charge in [0.25, 0.3) is 5.91 Å². The van der Waals surface area contributed by atoms with Gasteiger partial charge in [-0.1, -0.05) is 5.16 Å². The minimum Gasteiger partial charge on any atom is -0.340 e. The summed E-state index contributed by atoms with van der Waals surface area (Å²) in [6.07, 6.45) is 1.82. The Balaban J connectivity index is 1.39. The number of likely N-dealkylation sites (N-methyl/N-ethyl adjacent to an activating group) is 1. The molecule has 33 heavy (non-hydrogen) atoms. The highest BCUT2D eigenvalue weighted by atomic mass is 19.1. The summed E-state index contributed by atoms with van der Waals surface area (Å²) in [5.74, 6) is -0.587. The number of hydrogen-bond donors (Lipinski definition) is 1. The normalized spacial score (nSPS) is 17.7. The van der Waals surface area contributed by atoms with Crippen molar-refractivity contribution in [2.75, 3.05) is 25.5 Å². The minimum absolute atomic E-state index is 0.167. The van der Waals surface area contributed by atoms with Crippen LogP contribution in [0, 0.1) is 12.4 Å². The van der Waals surface area contributed by atoms with Gasteiger partial charge < -0.3 is 19.6 Å². The number of fused-ring (bicyclic) bond motifs is 3. The van der Waals surface area contributed by atoms with Gasteiger partial charge in [0.05, 0.1) is 31.3 Å². The molecule has 3 aromatic rings. The second kappa shape index (κ2) is 8.01. The first kappa shape index (κ1) is 20.6. The number of rotatable bonds is 2. The number of aromatic nitrogens is 4. The van der Waals surface area contributed by atoms with Crippen molar-refractivity contribution in [2.24, 2.45) is 0 Å². The molecule has 2 aromatic heterocycles. The molecule has 1 unspecified atom stereocenters. The summed E-state index contributed by atoms with van der Waals surface area (Å²) in [5.41, 5.74) is 2.09. The molecule has 1 N–H and O–H groups in total. The summed E-state index contributed by atoms with van der Waals surface area (Å²) >= 11 is 0. The molecule has 0 saturated carbocycles. The number of carbonyl (C=O) groups excluding carboxylic acids is 2. The lowest BCUT2D eigenvalue weighted by atomic mass is 10.0. The second-order valence-electron chi connectivity index (χ2n) is 8.00. The molecule has 2 aliphatic heterocycles. The van der Waals surface area contributed by atoms with E-state index in [0.29, 0.717) is 48.9 Å². The smallest absolute Gasteiger partial charge is 0.322 e. The number of amides is 3. The molecule has 2 aliphatic rings. The van der Waals surface area contributed by atoms with Gasteiger partial charge in [-0.3, -0.25) is 9.48 Å². The molecule has 0 saturated heterocycles. The molecule has 0 aliphatic carbocycles. The van der Waals surface area contributed by atoms with Gasteiger partial charge in [-0.2, -0.15) is 10.1 Å². The molecule has 0 radical (unpaired) electrons. The van der Waals surface area contributed by atoms with Crippen molar-refractivity contribution in [2.45, 2.75) is 25.4 Å². The van der Waals surface area contributed by atoms with Crippen molar-refractivity contribution >= 4 is 23.3 Å². The lowest BCUT2D eigenvalue weighted by Crippen LogP contribution is -2.39. The van der Waals surface area contributed by atoms with Crippen LogP contribution < -0.4 is 5.32 Å². The van der Waals surface area contributed by atoms with E-state index in [4.69, 9.17) is 11.1 Å². The van der Waals surface area contributed by atoms with Crippen LogP contribution in [0.3, 0.4) is 0 Å². The highest BCUT2D eigenvalue weighted by Gasteiger charge is 2.36. The first-order valence-electron chi connectivity index (χ1n) is 10.3. The summed E-state index contributed by atoms with van der Waals surface area (Å²) in [6, 6.07) is 3.43. The first-order valence-corrected chi connectivity index (χ1v) is 10.3. The summed E-state index contributed by atoms with van der Waals surface area (Å²) < 4.78 is 20.5. The fourth-order valence-electron chi connectivity index (χ4n) is 4.23. The van der Waals surface area contributed by atoms with Crippen molar-refractivity contribution in [1.29, 1.82) is 0 Å². The zero-order chi connectivity index (χ0) is 23.1. The topological polar surface area (TPSA) is 114 Å². The Kier molecular flexibility index (Phi) is 5.01. The van der Waals surface area contributed by atoms with Crippen LogP contribution in [0.2, 0.25) is 0 Å². The van der Waals surface area contributed by atoms with Crippen molar-refractivity contribution in [1.82, 2.24) is 29.7 Å². The van der Waals surface area contributed by atoms with E-state index in [1.54, 1.807) is 21.5 Å². The van der Waals surface area contributed by atoms with E-state index in [0.717, 1.165) is 11.8 Å². The zero-order valence-electron chi connectivity index (χ0n) is 17.7. The van der Waals surface area contributed by atoms with E-state index in [-0.39, 0.29) is 24.1 Å². The van der Waals surface area contributed by atoms with Gasteiger partial charge in [-0.15, -0.1) is 0 Å². The summed E-state index contributed by atoms with van der Waals surface area (Å²) in [5, 5.41) is 11.0. The number of carbonyl (C=O) groups is 2. The van der Waals surface area contributed by atoms with Gasteiger partial charge in [0.1, 0.15) is 11.5 Å². The zero-order valence-corrected chi connectivity index (χ0v) is 17.7. The molecule has 0 bridgehead atoms. The molecule has 3 amide bonds. The number of nitrogens with zero attached hydrogens (tertiary/aromatic N) is 7. The number of benzene rings is 1. The third kappa shape index (κ3) is 3.67. The van der Waals surface area contributed by atoms with Gasteiger partial charge in [0.2, 0.25) is 11.6 Å². The van der Waals surface area contributed by atoms with Crippen LogP contribution in [0.25, 0.3) is 4.85 Å². The Morgan fingerprint density at radius 1 is 1.36 bits per heavy atom. The summed E-state index contributed by atoms with van der Waals surface area (Å²) in [7, 11) is 1.71. The largest absolute Gasteiger partial charge is 0.340 e. The third-order valence-electron chi connectivity index (χ3n) is 5.87. The van der Waals surface area contributed by atoms with Crippen molar-refractivity contribution in [3.63, 3.8) is 0 Å². The van der Waals surface area contributed by atoms with Gasteiger partial charge in [0.15, 0.2) is 6.33 Å². The highest BCUT2D eigenvalue weighted by molar-refractivity contribution is 5.95. The molecule has 0 spiro atoms. The van der Waals surface area contributed by atoms with Crippen LogP contribution in [0.4, 0.5) is 20.6 Å². The molecule has 168 valence electrons. The van der Waals surface area contributed by atoms with Crippen LogP contribution in [-0.4, -0.2) is 61.8 Å². The van der Waals surface area contributed by atoms with Crippen molar-refractivity contribution in [3.05, 3.63) is 64.6 Å². The van der Waals surface area contributed by atoms with Gasteiger partial charge >= 0.3 is 6.03 Å². The van der Waals surface area contributed by atoms with Gasteiger partial charge in [-0.05, 0) is 18.2 Å². The average molecular weight is 450 g/mol. The van der Waals surface area contributed by atoms with Gasteiger partial charge in [0, 0.05) is 37.8 Å². The molecule has 1 atom stereocenters. The van der Waals surface area contributed by atoms with Crippen molar-refractivity contribution in [3.8, 4) is 0 Å². The number of hydrogen-bond acceptors (Lipinski definition) is 6. The summed E-state index contributed by atoms with van der Waals surface area (Å²) in [4.78, 5) is 36.4. The molecule has 0 fully saturated rings. The van der Waals surface area contributed by atoms with Crippen LogP contribution in [-0.2, 0) is 19.5 Å². The molecule has 5 rings (SSSR count). The fraction of sp³-hybridized carbons (Fsp3) is 0.333. The second-order valence-corrected chi connectivity index (χ2v) is 8.00. The van der Waals surface area contributed by atoms with E-state index < -0.39 is 11.8 Å². The number of nitrogens with one attached hydrogen (secondary N) is 1. The maximum absolute atomic E-state index is 13.6. The SMILES string of the molecule is [C-]#[N+]c1cc(NC(=O)N2CCc3nn4c(c3C2)C(=O)N(C)CC(c2ncno2)C4)ccc1F. The number of anilines is 1. The van der Waals surface area contributed by atoms with E-state index >= 15 is 0 Å². The Morgan fingerprint density at radius 3 is 2.97 bits per heavy atom. The Morgan fingerprint density at radius 2 is 2.21 bits per heavy atom. The van der Waals surface area contributed by atoms with E-state index in [9.17, 15) is 14.0 Å². The van der Waals surface area contributed by atoms with Gasteiger partial charge in [-0.25, -0.2) is 14.0 Å². The van der Waals surface area contributed by atoms with E-state index in [1.165, 1.54) is 18.5 Å². The molecule has 1 aromatic carbocycles. The monoisotopic (exact) mass is 450 g/mol. The molecular formula is C21H19FN8O3. The molecule has 12 heteroatoms. The fourth-order valence-corrected chi connectivity index (χ4v) is 4.23. The van der Waals surface area contributed by atoms with Crippen molar-refractivity contribution < 1.29 is 18.5 Å². The highest BCUT2D eigenvalue weighted by Crippen LogP contribution is 2.29. The number of urea groups is 1. The Bertz CT molecular complexity index is 1280. The maximum atomic E-state index is 13.6. The lowest BCUT2D eigenvalue weighted by molar-refractivity contribution is 0.0785. The standard InChI is InChI=1S/C21H19FN8O3/c1-23-17-7-13(3-4-15(17)22)26-21(32)29-6-5-16-14(10-29)18-20(31)28(2)8-12(9-30(18)27-16)19-24-11-25-33-19/h3-4,7,11-12H,5-6,8-10H2,2H3,(H,26,32). The predicted molar refractivity (Wildman–Crippen MR) is 112 cm³/mol. The minimum atomic E-state index is -0.644. The quantitative estimate of drug-likeness (QED) is 0.600. The van der Waals surface area contributed by atoms with E-state index in [2.05, 4.69) is 25.4 Å². The predicted octanol–water partition coefficient (Wildman–Crippen LogP) is 2.42. The average Bonchev–Trinajstić information content (AvgIpc) is 3.44. The summed E-state index contributed by atoms with van der Waals surface area (Å²) in [6.45, 7) is 8.45. The Hall–Kier alpha value is -4.27. The molecule has 11 nitrogen and oxygen atoms in total. The molecule has 4 heterocycles.